The Kier molecular flexibility index (Phi) is 6.46. The number of aliphatic hydroxyl groups excluding tert-OH is 2. The summed E-state index contributed by atoms with van der Waals surface area (Å²) in [5.74, 6) is -0.0980. The second-order valence-corrected chi connectivity index (χ2v) is 11.5. The van der Waals surface area contributed by atoms with Gasteiger partial charge in [0.2, 0.25) is 5.91 Å². The van der Waals surface area contributed by atoms with E-state index >= 15 is 0 Å². The zero-order valence-electron chi connectivity index (χ0n) is 20.1. The second-order valence-electron chi connectivity index (χ2n) is 10.4. The van der Waals surface area contributed by atoms with Crippen LogP contribution >= 0.6 is 11.3 Å². The fourth-order valence-corrected chi connectivity index (χ4v) is 7.38. The molecule has 184 valence electrons. The number of hydrogen-bond donors (Lipinski definition) is 3. The van der Waals surface area contributed by atoms with Crippen LogP contribution in [0.5, 0.6) is 0 Å². The molecule has 5 rings (SSSR count). The van der Waals surface area contributed by atoms with Crippen LogP contribution in [-0.2, 0) is 17.8 Å². The first-order valence-electron chi connectivity index (χ1n) is 12.2. The van der Waals surface area contributed by atoms with E-state index in [1.165, 1.54) is 0 Å². The fraction of sp³-hybridized carbons (Fsp3) is 0.481. The number of pyridine rings is 2. The van der Waals surface area contributed by atoms with Crippen molar-refractivity contribution in [1.82, 2.24) is 20.3 Å². The Balaban J connectivity index is 1.50. The summed E-state index contributed by atoms with van der Waals surface area (Å²) in [6.07, 6.45) is 8.91. The molecule has 3 aromatic rings. The van der Waals surface area contributed by atoms with E-state index in [2.05, 4.69) is 22.2 Å². The summed E-state index contributed by atoms with van der Waals surface area (Å²) in [7, 11) is 0. The Hall–Kier alpha value is -2.68. The van der Waals surface area contributed by atoms with Gasteiger partial charge in [-0.25, -0.2) is 4.98 Å². The van der Waals surface area contributed by atoms with Gasteiger partial charge in [0.25, 0.3) is 0 Å². The van der Waals surface area contributed by atoms with E-state index in [9.17, 15) is 15.0 Å². The van der Waals surface area contributed by atoms with Crippen molar-refractivity contribution in [2.45, 2.75) is 58.1 Å². The van der Waals surface area contributed by atoms with Crippen LogP contribution in [0.25, 0.3) is 10.6 Å². The number of fused-ring (bicyclic) bond motifs is 2. The van der Waals surface area contributed by atoms with E-state index in [1.54, 1.807) is 29.9 Å². The number of carbonyl (C=O) groups is 1. The van der Waals surface area contributed by atoms with Crippen LogP contribution < -0.4 is 5.32 Å². The first kappa shape index (κ1) is 24.0. The van der Waals surface area contributed by atoms with Gasteiger partial charge >= 0.3 is 0 Å². The smallest absolute Gasteiger partial charge is 0.220 e. The van der Waals surface area contributed by atoms with Crippen LogP contribution in [0.3, 0.4) is 0 Å². The number of rotatable bonds is 6. The lowest BCUT2D eigenvalue weighted by Gasteiger charge is -2.58. The van der Waals surface area contributed by atoms with Crippen molar-refractivity contribution in [2.75, 3.05) is 6.61 Å². The van der Waals surface area contributed by atoms with Gasteiger partial charge in [0, 0.05) is 59.5 Å². The van der Waals surface area contributed by atoms with Crippen molar-refractivity contribution < 1.29 is 15.0 Å². The van der Waals surface area contributed by atoms with Gasteiger partial charge in [0.15, 0.2) is 0 Å². The summed E-state index contributed by atoms with van der Waals surface area (Å²) < 4.78 is 0. The van der Waals surface area contributed by atoms with Crippen LogP contribution in [0.1, 0.15) is 55.2 Å². The van der Waals surface area contributed by atoms with E-state index in [1.807, 2.05) is 37.4 Å². The summed E-state index contributed by atoms with van der Waals surface area (Å²) in [4.78, 5) is 27.8. The van der Waals surface area contributed by atoms with Crippen LogP contribution in [0, 0.1) is 16.7 Å². The summed E-state index contributed by atoms with van der Waals surface area (Å²) in [5, 5.41) is 25.3. The van der Waals surface area contributed by atoms with Crippen molar-refractivity contribution in [2.24, 2.45) is 16.7 Å². The van der Waals surface area contributed by atoms with E-state index in [-0.39, 0.29) is 29.8 Å². The largest absolute Gasteiger partial charge is 0.396 e. The van der Waals surface area contributed by atoms with Gasteiger partial charge in [-0.15, -0.1) is 11.3 Å². The van der Waals surface area contributed by atoms with Crippen molar-refractivity contribution in [1.29, 1.82) is 0 Å². The Labute approximate surface area is 209 Å². The molecule has 1 amide bonds. The molecule has 0 saturated heterocycles. The third kappa shape index (κ3) is 4.28. The molecule has 0 unspecified atom stereocenters. The first-order chi connectivity index (χ1) is 16.8. The number of aromatic nitrogens is 3. The van der Waals surface area contributed by atoms with Crippen molar-refractivity contribution >= 4 is 17.2 Å². The van der Waals surface area contributed by atoms with Gasteiger partial charge in [0.05, 0.1) is 18.4 Å². The zero-order valence-corrected chi connectivity index (χ0v) is 21.0. The molecule has 0 radical (unpaired) electrons. The average molecular weight is 493 g/mol. The van der Waals surface area contributed by atoms with Crippen molar-refractivity contribution in [3.63, 3.8) is 0 Å². The lowest BCUT2D eigenvalue weighted by atomic mass is 9.47. The van der Waals surface area contributed by atoms with Gasteiger partial charge in [0.1, 0.15) is 5.01 Å². The minimum atomic E-state index is -0.631. The Morgan fingerprint density at radius 1 is 1.20 bits per heavy atom. The highest BCUT2D eigenvalue weighted by Gasteiger charge is 2.59. The molecule has 3 heterocycles. The first-order valence-corrected chi connectivity index (χ1v) is 13.0. The fourth-order valence-electron chi connectivity index (χ4n) is 6.22. The van der Waals surface area contributed by atoms with Gasteiger partial charge in [-0.2, -0.15) is 0 Å². The Morgan fingerprint density at radius 3 is 2.66 bits per heavy atom. The van der Waals surface area contributed by atoms with E-state index in [4.69, 9.17) is 4.98 Å². The topological polar surface area (TPSA) is 108 Å². The second kappa shape index (κ2) is 9.41. The molecular formula is C27H32N4O3S. The summed E-state index contributed by atoms with van der Waals surface area (Å²) in [5.41, 5.74) is 2.00. The normalized spacial score (nSPS) is 29.8. The number of nitrogens with one attached hydrogen (secondary N) is 1. The maximum atomic E-state index is 13.2. The van der Waals surface area contributed by atoms with E-state index < -0.39 is 11.5 Å². The maximum absolute atomic E-state index is 13.2. The molecule has 0 aliphatic heterocycles. The van der Waals surface area contributed by atoms with Crippen molar-refractivity contribution in [3.05, 3.63) is 65.2 Å². The summed E-state index contributed by atoms with van der Waals surface area (Å²) >= 11 is 1.64. The molecule has 0 spiro atoms. The molecule has 2 aliphatic rings. The average Bonchev–Trinajstić information content (AvgIpc) is 3.31. The predicted molar refractivity (Wildman–Crippen MR) is 135 cm³/mol. The van der Waals surface area contributed by atoms with E-state index in [0.717, 1.165) is 39.5 Å². The molecular weight excluding hydrogens is 460 g/mol. The third-order valence-corrected chi connectivity index (χ3v) is 9.55. The molecule has 0 aromatic carbocycles. The Bertz CT molecular complexity index is 1190. The SMILES string of the molecule is C[C@]1(CO)[C@H]2Cc3sc(-c4cccnc4)nc3[C@@H](CC(=O)NCc3cccnc3)[C@]2(C)CC[C@H]1O. The maximum Gasteiger partial charge on any atom is 0.220 e. The van der Waals surface area contributed by atoms with Gasteiger partial charge in [-0.05, 0) is 54.4 Å². The highest BCUT2D eigenvalue weighted by Crippen LogP contribution is 2.62. The molecule has 35 heavy (non-hydrogen) atoms. The Morgan fingerprint density at radius 2 is 1.97 bits per heavy atom. The number of nitrogens with zero attached hydrogens (tertiary/aromatic N) is 3. The van der Waals surface area contributed by atoms with Crippen LogP contribution in [0.2, 0.25) is 0 Å². The molecule has 7 nitrogen and oxygen atoms in total. The van der Waals surface area contributed by atoms with E-state index in [0.29, 0.717) is 19.4 Å². The number of aliphatic hydroxyl groups is 2. The molecule has 1 fully saturated rings. The molecule has 3 N–H and O–H groups in total. The van der Waals surface area contributed by atoms with Crippen LogP contribution in [0.15, 0.2) is 49.1 Å². The molecule has 8 heteroatoms. The third-order valence-electron chi connectivity index (χ3n) is 8.40. The van der Waals surface area contributed by atoms with Gasteiger partial charge in [-0.3, -0.25) is 14.8 Å². The van der Waals surface area contributed by atoms with Crippen molar-refractivity contribution in [3.8, 4) is 10.6 Å². The molecule has 0 bridgehead atoms. The monoisotopic (exact) mass is 492 g/mol. The molecule has 1 saturated carbocycles. The number of thiazole rings is 1. The summed E-state index contributed by atoms with van der Waals surface area (Å²) in [6.45, 7) is 4.56. The number of carbonyl (C=O) groups excluding carboxylic acids is 1. The lowest BCUT2D eigenvalue weighted by Crippen LogP contribution is -2.57. The molecule has 5 atom stereocenters. The van der Waals surface area contributed by atoms with Gasteiger partial charge < -0.3 is 15.5 Å². The van der Waals surface area contributed by atoms with Crippen LogP contribution in [0.4, 0.5) is 0 Å². The molecule has 3 aromatic heterocycles. The minimum Gasteiger partial charge on any atom is -0.396 e. The number of hydrogen-bond acceptors (Lipinski definition) is 7. The standard InChI is InChI=1S/C27H32N4O3S/c1-26-8-7-22(33)27(2,16-32)21(26)12-20-24(31-25(35-20)18-6-4-10-29-15-18)19(26)11-23(34)30-14-17-5-3-9-28-13-17/h3-6,9-10,13,15,19,21-22,32-33H,7-8,11-12,14,16H2,1-2H3,(H,30,34)/t19-,21+,22-,26+,27+/m1/s1. The lowest BCUT2D eigenvalue weighted by molar-refractivity contribution is -0.144. The number of amides is 1. The molecule has 2 aliphatic carbocycles. The highest BCUT2D eigenvalue weighted by molar-refractivity contribution is 7.15. The highest BCUT2D eigenvalue weighted by atomic mass is 32.1. The van der Waals surface area contributed by atoms with Crippen LogP contribution in [-0.4, -0.2) is 43.8 Å². The van der Waals surface area contributed by atoms with Gasteiger partial charge in [-0.1, -0.05) is 19.9 Å². The zero-order chi connectivity index (χ0) is 24.6. The quantitative estimate of drug-likeness (QED) is 0.484. The summed E-state index contributed by atoms with van der Waals surface area (Å²) in [6, 6.07) is 7.71. The minimum absolute atomic E-state index is 0.0283. The predicted octanol–water partition coefficient (Wildman–Crippen LogP) is 3.72.